The second-order valence-corrected chi connectivity index (χ2v) is 14.4. The lowest BCUT2D eigenvalue weighted by molar-refractivity contribution is -0.0855. The highest BCUT2D eigenvalue weighted by atomic mass is 31.2. The lowest BCUT2D eigenvalue weighted by Gasteiger charge is -2.41. The summed E-state index contributed by atoms with van der Waals surface area (Å²) in [5, 5.41) is 9.35. The normalized spacial score (nSPS) is 18.1. The Morgan fingerprint density at radius 2 is 1.48 bits per heavy atom. The van der Waals surface area contributed by atoms with E-state index in [-0.39, 0.29) is 31.7 Å². The van der Waals surface area contributed by atoms with Gasteiger partial charge in [0.1, 0.15) is 29.3 Å². The molecular weight excluding hydrogens is 683 g/mol. The fraction of sp³-hybridized carbons (Fsp3) is 0.410. The fourth-order valence-corrected chi connectivity index (χ4v) is 8.21. The van der Waals surface area contributed by atoms with Crippen molar-refractivity contribution >= 4 is 8.53 Å². The quantitative estimate of drug-likeness (QED) is 0.0780. The number of H-pyrrole nitrogens is 1. The van der Waals surface area contributed by atoms with Crippen LogP contribution in [0.15, 0.2) is 94.6 Å². The van der Waals surface area contributed by atoms with E-state index in [1.807, 2.05) is 107 Å². The van der Waals surface area contributed by atoms with Crippen LogP contribution in [0.2, 0.25) is 0 Å². The summed E-state index contributed by atoms with van der Waals surface area (Å²) >= 11 is 0. The van der Waals surface area contributed by atoms with E-state index >= 15 is 0 Å². The van der Waals surface area contributed by atoms with Crippen molar-refractivity contribution in [2.75, 3.05) is 27.4 Å². The van der Waals surface area contributed by atoms with Crippen LogP contribution < -0.4 is 20.7 Å². The molecule has 0 saturated carbocycles. The van der Waals surface area contributed by atoms with E-state index in [4.69, 9.17) is 28.0 Å². The van der Waals surface area contributed by atoms with Crippen molar-refractivity contribution in [1.29, 1.82) is 5.26 Å². The number of hydrogen-bond donors (Lipinski definition) is 1. The van der Waals surface area contributed by atoms with Crippen molar-refractivity contribution in [3.63, 3.8) is 0 Å². The standard InChI is InChI=1S/C39H47N4O8P/c1-26(2)43(27(3)4)52(49-23-11-22-40)51-35-34(25-48-37(35)42-24-28(5)36(44)41-38(42)45)50-39(29-12-9-8-10-13-29,30-14-18-32(46-6)19-15-30)31-16-20-33(47-7)21-17-31/h8-10,12-21,24,26-27,34-35,37H,11,23,25H2,1-7H3,(H,41,44,45)/t34-,35-,37-,52+/m1/s1. The Morgan fingerprint density at radius 1 is 0.923 bits per heavy atom. The smallest absolute Gasteiger partial charge is 0.330 e. The van der Waals surface area contributed by atoms with Crippen LogP contribution in [0.5, 0.6) is 11.5 Å². The molecule has 0 spiro atoms. The molecule has 4 atom stereocenters. The molecule has 1 aliphatic rings. The van der Waals surface area contributed by atoms with Gasteiger partial charge in [0.2, 0.25) is 0 Å². The maximum atomic E-state index is 13.4. The van der Waals surface area contributed by atoms with Crippen molar-refractivity contribution in [2.45, 2.75) is 77.2 Å². The van der Waals surface area contributed by atoms with Gasteiger partial charge in [-0.1, -0.05) is 54.6 Å². The predicted octanol–water partition coefficient (Wildman–Crippen LogP) is 6.43. The summed E-state index contributed by atoms with van der Waals surface area (Å²) in [6, 6.07) is 27.4. The number of benzene rings is 3. The van der Waals surface area contributed by atoms with Crippen LogP contribution in [-0.4, -0.2) is 65.9 Å². The third-order valence-electron chi connectivity index (χ3n) is 8.87. The molecule has 52 heavy (non-hydrogen) atoms. The molecule has 1 fully saturated rings. The van der Waals surface area contributed by atoms with Gasteiger partial charge in [0.15, 0.2) is 6.23 Å². The SMILES string of the molecule is COc1ccc(C(O[C@@H]2CO[C@@H](n3cc(C)c(=O)[nH]c3=O)[C@@H]2O[P@](OCCC#N)N(C(C)C)C(C)C)(c2ccccc2)c2ccc(OC)cc2)cc1. The van der Waals surface area contributed by atoms with E-state index < -0.39 is 43.8 Å². The number of aryl methyl sites for hydroxylation is 1. The molecule has 13 heteroatoms. The first-order valence-electron chi connectivity index (χ1n) is 17.2. The zero-order chi connectivity index (χ0) is 37.4. The average Bonchev–Trinajstić information content (AvgIpc) is 3.53. The van der Waals surface area contributed by atoms with E-state index in [9.17, 15) is 14.9 Å². The summed E-state index contributed by atoms with van der Waals surface area (Å²) in [4.78, 5) is 28.2. The third kappa shape index (κ3) is 8.31. The molecule has 1 aromatic heterocycles. The third-order valence-corrected chi connectivity index (χ3v) is 11.0. The highest BCUT2D eigenvalue weighted by Crippen LogP contribution is 2.52. The van der Waals surface area contributed by atoms with Gasteiger partial charge >= 0.3 is 5.69 Å². The number of ether oxygens (including phenoxy) is 4. The monoisotopic (exact) mass is 730 g/mol. The number of hydrogen-bond acceptors (Lipinski definition) is 10. The first-order valence-corrected chi connectivity index (χ1v) is 18.4. The van der Waals surface area contributed by atoms with Gasteiger partial charge in [-0.2, -0.15) is 5.26 Å². The number of nitriles is 1. The summed E-state index contributed by atoms with van der Waals surface area (Å²) in [6.07, 6.45) is -1.07. The number of nitrogens with one attached hydrogen (secondary N) is 1. The minimum absolute atomic E-state index is 0.00777. The van der Waals surface area contributed by atoms with Crippen molar-refractivity contribution < 1.29 is 28.0 Å². The molecule has 4 aromatic rings. The molecule has 0 amide bonds. The van der Waals surface area contributed by atoms with Crippen molar-refractivity contribution in [3.05, 3.63) is 128 Å². The maximum absolute atomic E-state index is 13.4. The first kappa shape index (κ1) is 38.9. The Hall–Kier alpha value is -4.34. The lowest BCUT2D eigenvalue weighted by Crippen LogP contribution is -2.45. The second-order valence-electron chi connectivity index (χ2n) is 13.0. The zero-order valence-corrected chi connectivity index (χ0v) is 31.5. The van der Waals surface area contributed by atoms with Gasteiger partial charge in [0.05, 0.1) is 39.9 Å². The van der Waals surface area contributed by atoms with Gasteiger partial charge in [-0.05, 0) is 75.6 Å². The van der Waals surface area contributed by atoms with Gasteiger partial charge < -0.3 is 28.0 Å². The molecule has 0 radical (unpaired) electrons. The predicted molar refractivity (Wildman–Crippen MR) is 198 cm³/mol. The number of aromatic amines is 1. The van der Waals surface area contributed by atoms with E-state index in [1.165, 1.54) is 10.8 Å². The van der Waals surface area contributed by atoms with Crippen LogP contribution in [0, 0.1) is 18.3 Å². The Balaban J connectivity index is 1.71. The molecule has 0 aliphatic carbocycles. The van der Waals surface area contributed by atoms with Crippen LogP contribution in [0.1, 0.15) is 62.6 Å². The van der Waals surface area contributed by atoms with Crippen LogP contribution in [0.3, 0.4) is 0 Å². The number of nitrogens with zero attached hydrogens (tertiary/aromatic N) is 3. The van der Waals surface area contributed by atoms with Crippen molar-refractivity contribution in [2.24, 2.45) is 0 Å². The Labute approximate surface area is 305 Å². The molecule has 1 aliphatic heterocycles. The van der Waals surface area contributed by atoms with Gasteiger partial charge in [-0.15, -0.1) is 0 Å². The van der Waals surface area contributed by atoms with Crippen LogP contribution in [0.4, 0.5) is 0 Å². The summed E-state index contributed by atoms with van der Waals surface area (Å²) in [5.74, 6) is 1.36. The largest absolute Gasteiger partial charge is 0.497 e. The maximum Gasteiger partial charge on any atom is 0.330 e. The molecule has 1 N–H and O–H groups in total. The molecule has 276 valence electrons. The minimum atomic E-state index is -1.81. The van der Waals surface area contributed by atoms with E-state index in [1.54, 1.807) is 21.1 Å². The summed E-state index contributed by atoms with van der Waals surface area (Å²) in [6.45, 7) is 9.99. The Kier molecular flexibility index (Phi) is 13.0. The van der Waals surface area contributed by atoms with Crippen molar-refractivity contribution in [3.8, 4) is 17.6 Å². The fourth-order valence-electron chi connectivity index (χ4n) is 6.46. The van der Waals surface area contributed by atoms with Crippen LogP contribution >= 0.6 is 8.53 Å². The van der Waals surface area contributed by atoms with Gasteiger partial charge in [-0.25, -0.2) is 9.46 Å². The van der Waals surface area contributed by atoms with Gasteiger partial charge in [0.25, 0.3) is 14.1 Å². The number of rotatable bonds is 16. The summed E-state index contributed by atoms with van der Waals surface area (Å²) in [5.41, 5.74) is 0.428. The zero-order valence-electron chi connectivity index (χ0n) is 30.6. The number of methoxy groups -OCH3 is 2. The molecule has 0 unspecified atom stereocenters. The molecular formula is C39H47N4O8P. The average molecular weight is 731 g/mol. The summed E-state index contributed by atoms with van der Waals surface area (Å²) < 4.78 is 41.7. The minimum Gasteiger partial charge on any atom is -0.497 e. The second kappa shape index (κ2) is 17.5. The lowest BCUT2D eigenvalue weighted by atomic mass is 9.79. The van der Waals surface area contributed by atoms with Crippen molar-refractivity contribution in [1.82, 2.24) is 14.2 Å². The Morgan fingerprint density at radius 3 is 2.00 bits per heavy atom. The van der Waals surface area contributed by atoms with Gasteiger partial charge in [-0.3, -0.25) is 14.3 Å². The summed E-state index contributed by atoms with van der Waals surface area (Å²) in [7, 11) is 1.43. The molecule has 3 aromatic carbocycles. The molecule has 12 nitrogen and oxygen atoms in total. The first-order chi connectivity index (χ1) is 25.0. The topological polar surface area (TPSA) is 137 Å². The highest BCUT2D eigenvalue weighted by Gasteiger charge is 2.50. The number of aromatic nitrogens is 2. The molecule has 0 bridgehead atoms. The van der Waals surface area contributed by atoms with E-state index in [2.05, 4.69) is 15.7 Å². The van der Waals surface area contributed by atoms with Crippen LogP contribution in [0.25, 0.3) is 0 Å². The molecule has 5 rings (SSSR count). The molecule has 1 saturated heterocycles. The van der Waals surface area contributed by atoms with E-state index in [0.717, 1.165) is 16.7 Å². The van der Waals surface area contributed by atoms with E-state index in [0.29, 0.717) is 17.1 Å². The highest BCUT2D eigenvalue weighted by molar-refractivity contribution is 7.44. The van der Waals surface area contributed by atoms with Gasteiger partial charge in [0, 0.05) is 23.8 Å². The van der Waals surface area contributed by atoms with Crippen LogP contribution in [-0.2, 0) is 24.1 Å². The Bertz CT molecular complexity index is 1850. The molecule has 2 heterocycles.